The Morgan fingerprint density at radius 3 is 2.37 bits per heavy atom. The zero-order chi connectivity index (χ0) is 27.2. The normalized spacial score (nSPS) is 23.1. The molecule has 1 amide bonds. The maximum Gasteiger partial charge on any atom is 0.221 e. The number of hydrogen-bond acceptors (Lipinski definition) is 6. The van der Waals surface area contributed by atoms with Crippen molar-refractivity contribution in [3.05, 3.63) is 101 Å². The highest BCUT2D eigenvalue weighted by atomic mass is 16.7. The standard InChI is InChI=1S/C31H38N2O5/c1-20-28(18-33(4)21(2)29(36)24-9-6-5-7-10-24)37-31(26-11-8-12-27(17-26)32-22(3)35)38-30(20)25-15-13-23(19-34)14-16-25/h5-17,20-21,28-31,34,36H,18-19H2,1-4H3,(H,32,35)/t20-,21-,28+,29-,30+,31+/m0/s1. The van der Waals surface area contributed by atoms with Crippen LogP contribution >= 0.6 is 0 Å². The average molecular weight is 519 g/mol. The number of benzene rings is 3. The van der Waals surface area contributed by atoms with Crippen LogP contribution < -0.4 is 5.32 Å². The molecule has 202 valence electrons. The van der Waals surface area contributed by atoms with Gasteiger partial charge in [0.25, 0.3) is 0 Å². The van der Waals surface area contributed by atoms with Crippen molar-refractivity contribution in [1.29, 1.82) is 0 Å². The second-order valence-electron chi connectivity index (χ2n) is 10.2. The van der Waals surface area contributed by atoms with Crippen LogP contribution in [0.25, 0.3) is 0 Å². The molecule has 0 saturated carbocycles. The highest BCUT2D eigenvalue weighted by Gasteiger charge is 2.39. The monoisotopic (exact) mass is 518 g/mol. The number of rotatable bonds is 9. The van der Waals surface area contributed by atoms with E-state index in [1.54, 1.807) is 0 Å². The van der Waals surface area contributed by atoms with Crippen molar-refractivity contribution in [2.24, 2.45) is 5.92 Å². The number of anilines is 1. The van der Waals surface area contributed by atoms with Crippen LogP contribution in [0.3, 0.4) is 0 Å². The smallest absolute Gasteiger partial charge is 0.221 e. The van der Waals surface area contributed by atoms with Crippen LogP contribution in [0.5, 0.6) is 0 Å². The van der Waals surface area contributed by atoms with Crippen LogP contribution in [0.4, 0.5) is 5.69 Å². The van der Waals surface area contributed by atoms with Crippen molar-refractivity contribution in [2.45, 2.75) is 58.0 Å². The maximum atomic E-state index is 11.6. The fraction of sp³-hybridized carbons (Fsp3) is 0.387. The molecule has 1 aliphatic rings. The zero-order valence-corrected chi connectivity index (χ0v) is 22.5. The molecule has 6 atom stereocenters. The van der Waals surface area contributed by atoms with Gasteiger partial charge in [0.2, 0.25) is 5.91 Å². The molecule has 0 radical (unpaired) electrons. The van der Waals surface area contributed by atoms with Crippen LogP contribution in [0.15, 0.2) is 78.9 Å². The van der Waals surface area contributed by atoms with Crippen LogP contribution in [0.1, 0.15) is 61.5 Å². The molecule has 7 nitrogen and oxygen atoms in total. The van der Waals surface area contributed by atoms with Crippen molar-refractivity contribution in [2.75, 3.05) is 18.9 Å². The van der Waals surface area contributed by atoms with Gasteiger partial charge in [0.05, 0.1) is 24.9 Å². The van der Waals surface area contributed by atoms with E-state index >= 15 is 0 Å². The molecule has 1 saturated heterocycles. The third-order valence-corrected chi connectivity index (χ3v) is 7.36. The fourth-order valence-corrected chi connectivity index (χ4v) is 4.91. The molecule has 1 aliphatic heterocycles. The number of carbonyl (C=O) groups excluding carboxylic acids is 1. The van der Waals surface area contributed by atoms with Crippen molar-refractivity contribution in [3.63, 3.8) is 0 Å². The molecule has 0 aromatic heterocycles. The van der Waals surface area contributed by atoms with E-state index in [0.717, 1.165) is 22.3 Å². The van der Waals surface area contributed by atoms with Gasteiger partial charge in [-0.3, -0.25) is 9.69 Å². The number of ether oxygens (including phenoxy) is 2. The zero-order valence-electron chi connectivity index (χ0n) is 22.5. The first-order valence-corrected chi connectivity index (χ1v) is 13.1. The molecule has 1 fully saturated rings. The summed E-state index contributed by atoms with van der Waals surface area (Å²) in [6, 6.07) is 24.8. The third kappa shape index (κ3) is 6.67. The summed E-state index contributed by atoms with van der Waals surface area (Å²) in [5, 5.41) is 23.3. The van der Waals surface area contributed by atoms with Crippen LogP contribution in [0.2, 0.25) is 0 Å². The molecule has 3 N–H and O–H groups in total. The molecule has 0 aliphatic carbocycles. The predicted octanol–water partition coefficient (Wildman–Crippen LogP) is 4.98. The maximum absolute atomic E-state index is 11.6. The van der Waals surface area contributed by atoms with E-state index in [1.165, 1.54) is 6.92 Å². The number of likely N-dealkylation sites (N-methyl/N-ethyl adjacent to an activating group) is 1. The minimum atomic E-state index is -0.643. The van der Waals surface area contributed by atoms with E-state index < -0.39 is 12.4 Å². The summed E-state index contributed by atoms with van der Waals surface area (Å²) in [7, 11) is 2.00. The van der Waals surface area contributed by atoms with Gasteiger partial charge in [0.1, 0.15) is 0 Å². The Hall–Kier alpha value is -3.07. The summed E-state index contributed by atoms with van der Waals surface area (Å²) in [6.45, 7) is 6.18. The lowest BCUT2D eigenvalue weighted by Crippen LogP contribution is -2.46. The Balaban J connectivity index is 1.59. The first-order valence-electron chi connectivity index (χ1n) is 13.1. The molecule has 7 heteroatoms. The van der Waals surface area contributed by atoms with Gasteiger partial charge in [-0.25, -0.2) is 0 Å². The lowest BCUT2D eigenvalue weighted by atomic mass is 9.89. The molecule has 3 aromatic rings. The van der Waals surface area contributed by atoms with E-state index in [1.807, 2.05) is 92.8 Å². The molecule has 0 spiro atoms. The number of amides is 1. The highest BCUT2D eigenvalue weighted by molar-refractivity contribution is 5.88. The molecular weight excluding hydrogens is 480 g/mol. The summed E-state index contributed by atoms with van der Waals surface area (Å²) >= 11 is 0. The summed E-state index contributed by atoms with van der Waals surface area (Å²) < 4.78 is 13.1. The minimum Gasteiger partial charge on any atom is -0.392 e. The Morgan fingerprint density at radius 1 is 1.00 bits per heavy atom. The topological polar surface area (TPSA) is 91.3 Å². The van der Waals surface area contributed by atoms with Crippen LogP contribution in [0, 0.1) is 5.92 Å². The van der Waals surface area contributed by atoms with Crippen LogP contribution in [-0.4, -0.2) is 46.8 Å². The van der Waals surface area contributed by atoms with Gasteiger partial charge >= 0.3 is 0 Å². The van der Waals surface area contributed by atoms with Gasteiger partial charge in [-0.2, -0.15) is 0 Å². The van der Waals surface area contributed by atoms with Gasteiger partial charge in [-0.05, 0) is 42.8 Å². The number of aliphatic hydroxyl groups excluding tert-OH is 2. The summed E-state index contributed by atoms with van der Waals surface area (Å²) in [4.78, 5) is 13.7. The van der Waals surface area contributed by atoms with Gasteiger partial charge in [0, 0.05) is 36.7 Å². The minimum absolute atomic E-state index is 0.00766. The quantitative estimate of drug-likeness (QED) is 0.370. The van der Waals surface area contributed by atoms with Gasteiger partial charge in [0.15, 0.2) is 6.29 Å². The molecule has 0 unspecified atom stereocenters. The van der Waals surface area contributed by atoms with E-state index in [2.05, 4.69) is 17.1 Å². The van der Waals surface area contributed by atoms with Crippen molar-refractivity contribution >= 4 is 11.6 Å². The number of aliphatic hydroxyl groups is 2. The van der Waals surface area contributed by atoms with Crippen molar-refractivity contribution < 1.29 is 24.5 Å². The molecule has 0 bridgehead atoms. The fourth-order valence-electron chi connectivity index (χ4n) is 4.91. The first kappa shape index (κ1) is 28.0. The Bertz CT molecular complexity index is 1190. The SMILES string of the molecule is CC(=O)Nc1cccc([C@@H]2O[C@H](CN(C)[C@@H](C)[C@H](O)c3ccccc3)[C@H](C)[C@H](c3ccc(CO)cc3)O2)c1. The van der Waals surface area contributed by atoms with E-state index in [-0.39, 0.29) is 36.7 Å². The molecule has 4 rings (SSSR count). The first-order chi connectivity index (χ1) is 18.3. The van der Waals surface area contributed by atoms with E-state index in [9.17, 15) is 15.0 Å². The second kappa shape index (κ2) is 12.7. The van der Waals surface area contributed by atoms with Gasteiger partial charge in [-0.1, -0.05) is 73.7 Å². The number of carbonyl (C=O) groups is 1. The molecule has 1 heterocycles. The average Bonchev–Trinajstić information content (AvgIpc) is 2.93. The largest absolute Gasteiger partial charge is 0.392 e. The van der Waals surface area contributed by atoms with Gasteiger partial charge < -0.3 is 25.0 Å². The Labute approximate surface area is 225 Å². The molecule has 3 aromatic carbocycles. The van der Waals surface area contributed by atoms with Gasteiger partial charge in [-0.15, -0.1) is 0 Å². The third-order valence-electron chi connectivity index (χ3n) is 7.36. The number of hydrogen-bond donors (Lipinski definition) is 3. The second-order valence-corrected chi connectivity index (χ2v) is 10.2. The van der Waals surface area contributed by atoms with Crippen molar-refractivity contribution in [1.82, 2.24) is 4.90 Å². The van der Waals surface area contributed by atoms with E-state index in [4.69, 9.17) is 9.47 Å². The Morgan fingerprint density at radius 2 is 1.71 bits per heavy atom. The lowest BCUT2D eigenvalue weighted by molar-refractivity contribution is -0.276. The van der Waals surface area contributed by atoms with Crippen molar-refractivity contribution in [3.8, 4) is 0 Å². The Kier molecular flexibility index (Phi) is 9.31. The lowest BCUT2D eigenvalue weighted by Gasteiger charge is -2.43. The number of nitrogens with zero attached hydrogens (tertiary/aromatic N) is 1. The molecule has 38 heavy (non-hydrogen) atoms. The highest BCUT2D eigenvalue weighted by Crippen LogP contribution is 2.42. The molecular formula is C31H38N2O5. The predicted molar refractivity (Wildman–Crippen MR) is 147 cm³/mol. The summed E-state index contributed by atoms with van der Waals surface area (Å²) in [5.41, 5.74) is 4.21. The summed E-state index contributed by atoms with van der Waals surface area (Å²) in [5.74, 6) is -0.137. The van der Waals surface area contributed by atoms with Crippen LogP contribution in [-0.2, 0) is 20.9 Å². The summed E-state index contributed by atoms with van der Waals surface area (Å²) in [6.07, 6.45) is -1.73. The van der Waals surface area contributed by atoms with E-state index in [0.29, 0.717) is 12.2 Å². The number of nitrogens with one attached hydrogen (secondary N) is 1.